The lowest BCUT2D eigenvalue weighted by Crippen LogP contribution is -2.40. The summed E-state index contributed by atoms with van der Waals surface area (Å²) in [6, 6.07) is 8.81. The van der Waals surface area contributed by atoms with Gasteiger partial charge in [0.15, 0.2) is 16.3 Å². The van der Waals surface area contributed by atoms with Crippen LogP contribution < -0.4 is 14.3 Å². The van der Waals surface area contributed by atoms with Gasteiger partial charge in [-0.25, -0.2) is 8.42 Å². The van der Waals surface area contributed by atoms with E-state index < -0.39 is 22.0 Å². The third kappa shape index (κ3) is 4.40. The van der Waals surface area contributed by atoms with Gasteiger partial charge in [0.1, 0.15) is 6.04 Å². The number of halogens is 1. The van der Waals surface area contributed by atoms with Crippen LogP contribution in [-0.2, 0) is 21.4 Å². The van der Waals surface area contributed by atoms with E-state index in [1.165, 1.54) is 39.9 Å². The monoisotopic (exact) mass is 509 g/mol. The lowest BCUT2D eigenvalue weighted by molar-refractivity contribution is -0.121. The minimum atomic E-state index is -3.84. The van der Waals surface area contributed by atoms with Gasteiger partial charge in [0.05, 0.1) is 29.3 Å². The van der Waals surface area contributed by atoms with Crippen LogP contribution in [-0.4, -0.2) is 50.0 Å². The highest BCUT2D eigenvalue weighted by Crippen LogP contribution is 2.33. The average Bonchev–Trinajstić information content (AvgIpc) is 3.43. The molecule has 0 radical (unpaired) electrons. The third-order valence-corrected chi connectivity index (χ3v) is 8.83. The highest BCUT2D eigenvalue weighted by molar-refractivity contribution is 7.89. The lowest BCUT2D eigenvalue weighted by Gasteiger charge is -2.21. The second-order valence-electron chi connectivity index (χ2n) is 7.48. The molecule has 1 unspecified atom stereocenters. The van der Waals surface area contributed by atoms with Crippen molar-refractivity contribution in [3.63, 3.8) is 0 Å². The predicted molar refractivity (Wildman–Crippen MR) is 128 cm³/mol. The van der Waals surface area contributed by atoms with Crippen LogP contribution in [0.3, 0.4) is 0 Å². The zero-order chi connectivity index (χ0) is 23.8. The highest BCUT2D eigenvalue weighted by Gasteiger charge is 2.39. The first-order chi connectivity index (χ1) is 15.8. The molecular weight excluding hydrogens is 486 g/mol. The number of sulfonamides is 1. The Hall–Kier alpha value is -2.40. The first-order valence-electron chi connectivity index (χ1n) is 10.4. The number of amides is 1. The first kappa shape index (κ1) is 23.7. The van der Waals surface area contributed by atoms with Gasteiger partial charge in [-0.15, -0.1) is 0 Å². The van der Waals surface area contributed by atoms with Crippen LogP contribution in [0.15, 0.2) is 46.3 Å². The number of hydrogen-bond donors (Lipinski definition) is 0. The molecule has 8 nitrogen and oxygen atoms in total. The number of hydrogen-bond acceptors (Lipinski definition) is 6. The maximum absolute atomic E-state index is 13.2. The van der Waals surface area contributed by atoms with Gasteiger partial charge in [0.2, 0.25) is 10.0 Å². The standard InChI is InChI=1S/C22H24ClN3O5S2/c1-4-25-17-12-18(30-2)19(31-3)13-20(17)32-22(25)24-21(27)16-6-5-11-26(16)33(28,29)15-9-7-14(23)8-10-15/h7-10,12-13,16H,4-6,11H2,1-3H3. The average molecular weight is 510 g/mol. The Morgan fingerprint density at radius 2 is 1.85 bits per heavy atom. The maximum atomic E-state index is 13.2. The zero-order valence-electron chi connectivity index (χ0n) is 18.4. The summed E-state index contributed by atoms with van der Waals surface area (Å²) in [7, 11) is -0.711. The molecule has 1 aliphatic heterocycles. The van der Waals surface area contributed by atoms with Crippen LogP contribution >= 0.6 is 22.9 Å². The van der Waals surface area contributed by atoms with Crippen molar-refractivity contribution in [2.75, 3.05) is 20.8 Å². The first-order valence-corrected chi connectivity index (χ1v) is 13.0. The van der Waals surface area contributed by atoms with E-state index >= 15 is 0 Å². The van der Waals surface area contributed by atoms with Gasteiger partial charge in [-0.3, -0.25) is 4.79 Å². The molecule has 2 aromatic carbocycles. The molecule has 0 bridgehead atoms. The molecular formula is C22H24ClN3O5S2. The number of fused-ring (bicyclic) bond motifs is 1. The lowest BCUT2D eigenvalue weighted by atomic mass is 10.2. The van der Waals surface area contributed by atoms with E-state index in [0.717, 1.165) is 10.2 Å². The quantitative estimate of drug-likeness (QED) is 0.505. The minimum absolute atomic E-state index is 0.108. The summed E-state index contributed by atoms with van der Waals surface area (Å²) < 4.78 is 41.2. The van der Waals surface area contributed by atoms with Crippen molar-refractivity contribution < 1.29 is 22.7 Å². The van der Waals surface area contributed by atoms with Crippen LogP contribution in [0.25, 0.3) is 10.2 Å². The van der Waals surface area contributed by atoms with Gasteiger partial charge < -0.3 is 14.0 Å². The van der Waals surface area contributed by atoms with E-state index in [4.69, 9.17) is 21.1 Å². The van der Waals surface area contributed by atoms with Gasteiger partial charge in [-0.1, -0.05) is 22.9 Å². The third-order valence-electron chi connectivity index (χ3n) is 5.62. The largest absolute Gasteiger partial charge is 0.493 e. The van der Waals surface area contributed by atoms with Crippen molar-refractivity contribution in [2.45, 2.75) is 37.2 Å². The van der Waals surface area contributed by atoms with E-state index in [0.29, 0.717) is 40.7 Å². The summed E-state index contributed by atoms with van der Waals surface area (Å²) in [4.78, 5) is 18.2. The van der Waals surface area contributed by atoms with Crippen LogP contribution in [0.2, 0.25) is 5.02 Å². The zero-order valence-corrected chi connectivity index (χ0v) is 20.8. The molecule has 4 rings (SSSR count). The van der Waals surface area contributed by atoms with Gasteiger partial charge in [0, 0.05) is 30.2 Å². The van der Waals surface area contributed by atoms with Crippen LogP contribution in [0, 0.1) is 0 Å². The molecule has 0 N–H and O–H groups in total. The summed E-state index contributed by atoms with van der Waals surface area (Å²) >= 11 is 7.24. The highest BCUT2D eigenvalue weighted by atomic mass is 35.5. The molecule has 0 aliphatic carbocycles. The Labute approximate surface area is 201 Å². The number of nitrogens with zero attached hydrogens (tertiary/aromatic N) is 3. The Morgan fingerprint density at radius 3 is 2.48 bits per heavy atom. The molecule has 2 heterocycles. The number of benzene rings is 2. The van der Waals surface area contributed by atoms with Gasteiger partial charge in [0.25, 0.3) is 5.91 Å². The smallest absolute Gasteiger partial charge is 0.266 e. The van der Waals surface area contributed by atoms with Crippen molar-refractivity contribution in [3.05, 3.63) is 46.2 Å². The van der Waals surface area contributed by atoms with Gasteiger partial charge >= 0.3 is 0 Å². The molecule has 11 heteroatoms. The Balaban J connectivity index is 1.73. The molecule has 1 aliphatic rings. The van der Waals surface area contributed by atoms with Gasteiger partial charge in [-0.05, 0) is 44.0 Å². The molecule has 1 fully saturated rings. The second-order valence-corrected chi connectivity index (χ2v) is 10.8. The topological polar surface area (TPSA) is 90.2 Å². The SMILES string of the molecule is CCn1c(=NC(=O)C2CCCN2S(=O)(=O)c2ccc(Cl)cc2)sc2cc(OC)c(OC)cc21. The van der Waals surface area contributed by atoms with Gasteiger partial charge in [-0.2, -0.15) is 9.30 Å². The Morgan fingerprint density at radius 1 is 1.18 bits per heavy atom. The van der Waals surface area contributed by atoms with Crippen molar-refractivity contribution in [3.8, 4) is 11.5 Å². The predicted octanol–water partition coefficient (Wildman–Crippen LogP) is 3.67. The van der Waals surface area contributed by atoms with Crippen LogP contribution in [0.4, 0.5) is 0 Å². The Kier molecular flexibility index (Phi) is 6.81. The molecule has 3 aromatic rings. The van der Waals surface area contributed by atoms with E-state index in [-0.39, 0.29) is 11.4 Å². The summed E-state index contributed by atoms with van der Waals surface area (Å²) in [5.41, 5.74) is 0.865. The molecule has 176 valence electrons. The summed E-state index contributed by atoms with van der Waals surface area (Å²) in [5, 5.41) is 0.445. The normalized spacial score (nSPS) is 17.6. The molecule has 1 saturated heterocycles. The number of ether oxygens (including phenoxy) is 2. The molecule has 1 aromatic heterocycles. The number of aromatic nitrogens is 1. The van der Waals surface area contributed by atoms with Crippen molar-refractivity contribution >= 4 is 49.1 Å². The molecule has 1 atom stereocenters. The van der Waals surface area contributed by atoms with Crippen molar-refractivity contribution in [1.82, 2.24) is 8.87 Å². The van der Waals surface area contributed by atoms with Crippen molar-refractivity contribution in [1.29, 1.82) is 0 Å². The number of rotatable bonds is 6. The summed E-state index contributed by atoms with van der Waals surface area (Å²) in [5.74, 6) is 0.694. The minimum Gasteiger partial charge on any atom is -0.493 e. The van der Waals surface area contributed by atoms with E-state index in [2.05, 4.69) is 4.99 Å². The molecule has 0 spiro atoms. The number of methoxy groups -OCH3 is 2. The number of carbonyl (C=O) groups is 1. The fourth-order valence-corrected chi connectivity index (χ4v) is 6.86. The second kappa shape index (κ2) is 9.46. The summed E-state index contributed by atoms with van der Waals surface area (Å²) in [6.07, 6.45) is 1.02. The number of aryl methyl sites for hydroxylation is 1. The fraction of sp³-hybridized carbons (Fsp3) is 0.364. The number of carbonyl (C=O) groups excluding carboxylic acids is 1. The molecule has 1 amide bonds. The molecule has 33 heavy (non-hydrogen) atoms. The number of thiazole rings is 1. The van der Waals surface area contributed by atoms with Crippen LogP contribution in [0.1, 0.15) is 19.8 Å². The van der Waals surface area contributed by atoms with E-state index in [9.17, 15) is 13.2 Å². The van der Waals surface area contributed by atoms with Crippen LogP contribution in [0.5, 0.6) is 11.5 Å². The van der Waals surface area contributed by atoms with Crippen molar-refractivity contribution in [2.24, 2.45) is 4.99 Å². The Bertz CT molecular complexity index is 1360. The van der Waals surface area contributed by atoms with E-state index in [1.807, 2.05) is 23.6 Å². The maximum Gasteiger partial charge on any atom is 0.266 e. The van der Waals surface area contributed by atoms with E-state index in [1.54, 1.807) is 14.2 Å². The summed E-state index contributed by atoms with van der Waals surface area (Å²) in [6.45, 7) is 2.81. The fourth-order valence-electron chi connectivity index (χ4n) is 3.97. The molecule has 0 saturated carbocycles.